The van der Waals surface area contributed by atoms with E-state index in [9.17, 15) is 4.79 Å². The first-order valence-corrected chi connectivity index (χ1v) is 10.9. The summed E-state index contributed by atoms with van der Waals surface area (Å²) in [6, 6.07) is 15.9. The molecule has 4 heteroatoms. The van der Waals surface area contributed by atoms with Gasteiger partial charge in [-0.15, -0.1) is 0 Å². The normalized spacial score (nSPS) is 14.8. The van der Waals surface area contributed by atoms with Crippen LogP contribution in [0.3, 0.4) is 0 Å². The van der Waals surface area contributed by atoms with Crippen molar-refractivity contribution < 1.29 is 19.0 Å². The third-order valence-corrected chi connectivity index (χ3v) is 4.81. The van der Waals surface area contributed by atoms with Gasteiger partial charge in [0.2, 0.25) is 0 Å². The molecule has 2 saturated carbocycles. The van der Waals surface area contributed by atoms with E-state index in [0.717, 1.165) is 29.6 Å². The van der Waals surface area contributed by atoms with E-state index in [1.54, 1.807) is 7.11 Å². The summed E-state index contributed by atoms with van der Waals surface area (Å²) in [5, 5.41) is 0. The van der Waals surface area contributed by atoms with Crippen molar-refractivity contribution in [3.05, 3.63) is 59.7 Å². The van der Waals surface area contributed by atoms with E-state index in [0.29, 0.717) is 6.42 Å². The summed E-state index contributed by atoms with van der Waals surface area (Å²) < 4.78 is 15.4. The van der Waals surface area contributed by atoms with E-state index < -0.39 is 0 Å². The Hall–Kier alpha value is -2.49. The number of hydrogen-bond acceptors (Lipinski definition) is 4. The topological polar surface area (TPSA) is 44.8 Å². The first kappa shape index (κ1) is 23.8. The Kier molecular flexibility index (Phi) is 10.3. The Morgan fingerprint density at radius 2 is 1.67 bits per heavy atom. The van der Waals surface area contributed by atoms with Gasteiger partial charge < -0.3 is 14.2 Å². The molecule has 4 rings (SSSR count). The maximum absolute atomic E-state index is 11.4. The largest absolute Gasteiger partial charge is 0.497 e. The molecule has 2 aliphatic rings. The predicted molar refractivity (Wildman–Crippen MR) is 121 cm³/mol. The Labute approximate surface area is 181 Å². The van der Waals surface area contributed by atoms with Crippen LogP contribution in [0, 0.1) is 18.8 Å². The Morgan fingerprint density at radius 1 is 1.00 bits per heavy atom. The van der Waals surface area contributed by atoms with Crippen molar-refractivity contribution in [1.29, 1.82) is 0 Å². The van der Waals surface area contributed by atoms with Crippen molar-refractivity contribution in [3.8, 4) is 11.5 Å². The predicted octanol–water partition coefficient (Wildman–Crippen LogP) is 6.00. The molecule has 0 bridgehead atoms. The van der Waals surface area contributed by atoms with Crippen LogP contribution in [0.5, 0.6) is 11.5 Å². The zero-order valence-electron chi connectivity index (χ0n) is 18.9. The molecule has 0 aromatic heterocycles. The van der Waals surface area contributed by atoms with Crippen LogP contribution >= 0.6 is 0 Å². The summed E-state index contributed by atoms with van der Waals surface area (Å²) >= 11 is 0. The average Bonchev–Trinajstić information content (AvgIpc) is 3.66. The molecule has 4 nitrogen and oxygen atoms in total. The molecule has 2 fully saturated rings. The second-order valence-electron chi connectivity index (χ2n) is 8.11. The number of aryl methyl sites for hydroxylation is 1. The molecule has 2 aromatic carbocycles. The van der Waals surface area contributed by atoms with Crippen LogP contribution in [-0.2, 0) is 16.0 Å². The molecule has 0 aliphatic heterocycles. The van der Waals surface area contributed by atoms with E-state index in [2.05, 4.69) is 0 Å². The molecule has 2 aliphatic carbocycles. The van der Waals surface area contributed by atoms with Gasteiger partial charge in [-0.05, 0) is 67.5 Å². The molecule has 0 saturated heterocycles. The number of methoxy groups -OCH3 is 2. The lowest BCUT2D eigenvalue weighted by atomic mass is 10.0. The van der Waals surface area contributed by atoms with Crippen LogP contribution in [0.25, 0.3) is 0 Å². The summed E-state index contributed by atoms with van der Waals surface area (Å²) in [7, 11) is 3.10. The first-order valence-electron chi connectivity index (χ1n) is 10.9. The van der Waals surface area contributed by atoms with Crippen LogP contribution in [-0.4, -0.2) is 26.8 Å². The van der Waals surface area contributed by atoms with Crippen LogP contribution in [0.2, 0.25) is 0 Å². The molecule has 0 spiro atoms. The Balaban J connectivity index is 0.000000219. The van der Waals surface area contributed by atoms with E-state index in [-0.39, 0.29) is 11.9 Å². The standard InChI is InChI=1S/C15H20O3.C8H10O.C3H6/c1-11(15(16)17-2)8-13-4-3-5-14(9-13)18-10-12-6-7-12;1-7-4-3-5-8(6-7)9-2;1-2-3-1/h3-5,9,11-12H,6-8,10H2,1-2H3;3-6H,1-2H3;1-3H2. The first-order chi connectivity index (χ1) is 14.5. The van der Waals surface area contributed by atoms with Crippen LogP contribution in [0.4, 0.5) is 0 Å². The molecule has 2 aromatic rings. The maximum Gasteiger partial charge on any atom is 0.308 e. The fourth-order valence-electron chi connectivity index (χ4n) is 2.64. The molecule has 0 heterocycles. The van der Waals surface area contributed by atoms with Crippen molar-refractivity contribution in [2.24, 2.45) is 11.8 Å². The summed E-state index contributed by atoms with van der Waals surface area (Å²) in [6.07, 6.45) is 7.77. The molecule has 164 valence electrons. The van der Waals surface area contributed by atoms with E-state index in [1.807, 2.05) is 62.4 Å². The van der Waals surface area contributed by atoms with Crippen molar-refractivity contribution in [2.45, 2.75) is 52.4 Å². The highest BCUT2D eigenvalue weighted by Gasteiger charge is 2.22. The summed E-state index contributed by atoms with van der Waals surface area (Å²) in [5.41, 5.74) is 2.34. The fourth-order valence-corrected chi connectivity index (χ4v) is 2.64. The molecule has 1 unspecified atom stereocenters. The number of rotatable bonds is 7. The zero-order valence-corrected chi connectivity index (χ0v) is 18.9. The van der Waals surface area contributed by atoms with Gasteiger partial charge in [-0.2, -0.15) is 0 Å². The van der Waals surface area contributed by atoms with Gasteiger partial charge in [0.05, 0.1) is 26.7 Å². The monoisotopic (exact) mass is 412 g/mol. The third kappa shape index (κ3) is 10.3. The lowest BCUT2D eigenvalue weighted by Gasteiger charge is -2.11. The van der Waals surface area contributed by atoms with Crippen molar-refractivity contribution >= 4 is 5.97 Å². The van der Waals surface area contributed by atoms with Crippen molar-refractivity contribution in [2.75, 3.05) is 20.8 Å². The second-order valence-corrected chi connectivity index (χ2v) is 8.11. The SMILES string of the molecule is C1CC1.COC(=O)C(C)Cc1cccc(OCC2CC2)c1.COc1cccc(C)c1. The van der Waals surface area contributed by atoms with E-state index in [1.165, 1.54) is 44.8 Å². The molecule has 1 atom stereocenters. The fraction of sp³-hybridized carbons (Fsp3) is 0.500. The average molecular weight is 413 g/mol. The van der Waals surface area contributed by atoms with Gasteiger partial charge in [-0.25, -0.2) is 0 Å². The zero-order chi connectivity index (χ0) is 21.8. The van der Waals surface area contributed by atoms with Gasteiger partial charge in [0, 0.05) is 0 Å². The molecule has 0 radical (unpaired) electrons. The number of esters is 1. The van der Waals surface area contributed by atoms with E-state index in [4.69, 9.17) is 14.2 Å². The van der Waals surface area contributed by atoms with E-state index >= 15 is 0 Å². The summed E-state index contributed by atoms with van der Waals surface area (Å²) in [6.45, 7) is 4.74. The van der Waals surface area contributed by atoms with Gasteiger partial charge in [0.25, 0.3) is 0 Å². The minimum atomic E-state index is -0.167. The number of benzene rings is 2. The molecule has 30 heavy (non-hydrogen) atoms. The summed E-state index contributed by atoms with van der Waals surface area (Å²) in [5.74, 6) is 2.29. The number of ether oxygens (including phenoxy) is 3. The maximum atomic E-state index is 11.4. The van der Waals surface area contributed by atoms with Gasteiger partial charge in [0.15, 0.2) is 0 Å². The van der Waals surface area contributed by atoms with Crippen LogP contribution in [0.1, 0.15) is 50.2 Å². The third-order valence-electron chi connectivity index (χ3n) is 4.81. The molecular formula is C26H36O4. The Bertz CT molecular complexity index is 762. The minimum absolute atomic E-state index is 0.117. The Morgan fingerprint density at radius 3 is 2.20 bits per heavy atom. The lowest BCUT2D eigenvalue weighted by molar-refractivity contribution is -0.144. The van der Waals surface area contributed by atoms with Crippen molar-refractivity contribution in [1.82, 2.24) is 0 Å². The molecule has 0 N–H and O–H groups in total. The number of carbonyl (C=O) groups excluding carboxylic acids is 1. The van der Waals surface area contributed by atoms with Crippen molar-refractivity contribution in [3.63, 3.8) is 0 Å². The summed E-state index contributed by atoms with van der Waals surface area (Å²) in [4.78, 5) is 11.4. The number of hydrogen-bond donors (Lipinski definition) is 0. The highest BCUT2D eigenvalue weighted by atomic mass is 16.5. The van der Waals surface area contributed by atoms with Gasteiger partial charge in [-0.1, -0.05) is 50.5 Å². The molecule has 0 amide bonds. The van der Waals surface area contributed by atoms with Gasteiger partial charge >= 0.3 is 5.97 Å². The smallest absolute Gasteiger partial charge is 0.308 e. The highest BCUT2D eigenvalue weighted by Crippen LogP contribution is 2.29. The van der Waals surface area contributed by atoms with Gasteiger partial charge in [0.1, 0.15) is 11.5 Å². The second kappa shape index (κ2) is 12.9. The van der Waals surface area contributed by atoms with Crippen LogP contribution < -0.4 is 9.47 Å². The molecular weight excluding hydrogens is 376 g/mol. The lowest BCUT2D eigenvalue weighted by Crippen LogP contribution is -2.15. The van der Waals surface area contributed by atoms with Crippen LogP contribution in [0.15, 0.2) is 48.5 Å². The quantitative estimate of drug-likeness (QED) is 0.523. The number of carbonyl (C=O) groups is 1. The minimum Gasteiger partial charge on any atom is -0.497 e. The van der Waals surface area contributed by atoms with Gasteiger partial charge in [-0.3, -0.25) is 4.79 Å². The highest BCUT2D eigenvalue weighted by molar-refractivity contribution is 5.72.